The number of hydrogen-bond donors (Lipinski definition) is 1. The number of carbonyl (C=O) groups excluding carboxylic acids is 1. The Hall–Kier alpha value is -3.97. The van der Waals surface area contributed by atoms with Crippen molar-refractivity contribution in [3.63, 3.8) is 0 Å². The lowest BCUT2D eigenvalue weighted by atomic mass is 10.0. The van der Waals surface area contributed by atoms with Crippen molar-refractivity contribution >= 4 is 34.3 Å². The van der Waals surface area contributed by atoms with Crippen LogP contribution in [0.25, 0.3) is 33.5 Å². The number of nitrogens with one attached hydrogen (secondary N) is 1. The van der Waals surface area contributed by atoms with Crippen LogP contribution in [0.2, 0.25) is 0 Å². The maximum Gasteiger partial charge on any atom is 0.181 e. The summed E-state index contributed by atoms with van der Waals surface area (Å²) < 4.78 is 0. The summed E-state index contributed by atoms with van der Waals surface area (Å²) in [5, 5.41) is 6.57. The fourth-order valence-corrected chi connectivity index (χ4v) is 4.00. The van der Waals surface area contributed by atoms with Gasteiger partial charge < -0.3 is 5.32 Å². The van der Waals surface area contributed by atoms with Crippen LogP contribution >= 0.6 is 11.3 Å². The molecule has 6 nitrogen and oxygen atoms in total. The van der Waals surface area contributed by atoms with Crippen LogP contribution in [0.3, 0.4) is 0 Å². The van der Waals surface area contributed by atoms with Gasteiger partial charge in [-0.25, -0.2) is 15.0 Å². The monoisotopic (exact) mass is 423 g/mol. The lowest BCUT2D eigenvalue weighted by Gasteiger charge is -2.14. The zero-order valence-electron chi connectivity index (χ0n) is 16.4. The van der Waals surface area contributed by atoms with Gasteiger partial charge in [-0.2, -0.15) is 0 Å². The molecule has 0 aliphatic carbocycles. The minimum absolute atomic E-state index is 0.403. The molecule has 1 N–H and O–H groups in total. The van der Waals surface area contributed by atoms with Crippen LogP contribution in [-0.2, 0) is 6.54 Å². The van der Waals surface area contributed by atoms with E-state index in [1.165, 1.54) is 11.3 Å². The zero-order chi connectivity index (χ0) is 21.0. The van der Waals surface area contributed by atoms with E-state index in [0.29, 0.717) is 28.9 Å². The Morgan fingerprint density at radius 1 is 0.903 bits per heavy atom. The molecule has 31 heavy (non-hydrogen) atoms. The first-order chi connectivity index (χ1) is 15.3. The highest BCUT2D eigenvalue weighted by Crippen LogP contribution is 2.34. The normalized spacial score (nSPS) is 10.8. The highest BCUT2D eigenvalue weighted by Gasteiger charge is 2.16. The van der Waals surface area contributed by atoms with E-state index in [0.717, 1.165) is 34.0 Å². The van der Waals surface area contributed by atoms with Crippen molar-refractivity contribution in [2.24, 2.45) is 0 Å². The van der Waals surface area contributed by atoms with Crippen molar-refractivity contribution in [1.29, 1.82) is 0 Å². The third-order valence-corrected chi connectivity index (χ3v) is 5.59. The number of rotatable bonds is 6. The van der Waals surface area contributed by atoms with Crippen LogP contribution < -0.4 is 5.32 Å². The first-order valence-electron chi connectivity index (χ1n) is 9.73. The van der Waals surface area contributed by atoms with Crippen LogP contribution in [0.15, 0.2) is 78.3 Å². The van der Waals surface area contributed by atoms with Gasteiger partial charge in [0.25, 0.3) is 0 Å². The van der Waals surface area contributed by atoms with E-state index < -0.39 is 0 Å². The average Bonchev–Trinajstić information content (AvgIpc) is 3.33. The minimum Gasteiger partial charge on any atom is -0.364 e. The first-order valence-corrected chi connectivity index (χ1v) is 10.6. The Bertz CT molecular complexity index is 1350. The summed E-state index contributed by atoms with van der Waals surface area (Å²) in [6.45, 7) is 0.520. The molecular weight excluding hydrogens is 406 g/mol. The van der Waals surface area contributed by atoms with E-state index >= 15 is 0 Å². The van der Waals surface area contributed by atoms with Gasteiger partial charge in [0, 0.05) is 11.6 Å². The van der Waals surface area contributed by atoms with Gasteiger partial charge in [-0.05, 0) is 29.3 Å². The molecule has 0 bridgehead atoms. The molecule has 0 saturated heterocycles. The molecule has 0 radical (unpaired) electrons. The lowest BCUT2D eigenvalue weighted by molar-refractivity contribution is 0.112. The van der Waals surface area contributed by atoms with Crippen LogP contribution in [-0.4, -0.2) is 26.2 Å². The molecule has 7 heteroatoms. The van der Waals surface area contributed by atoms with Gasteiger partial charge in [0.1, 0.15) is 11.5 Å². The van der Waals surface area contributed by atoms with E-state index in [1.807, 2.05) is 48.5 Å². The molecule has 0 aliphatic rings. The minimum atomic E-state index is 0.403. The number of aldehydes is 1. The van der Waals surface area contributed by atoms with Crippen molar-refractivity contribution in [2.75, 3.05) is 5.32 Å². The number of carbonyl (C=O) groups is 1. The van der Waals surface area contributed by atoms with E-state index in [-0.39, 0.29) is 0 Å². The number of fused-ring (bicyclic) bond motifs is 1. The van der Waals surface area contributed by atoms with Crippen molar-refractivity contribution in [3.8, 4) is 22.6 Å². The fraction of sp³-hybridized carbons (Fsp3) is 0.0417. The summed E-state index contributed by atoms with van der Waals surface area (Å²) in [4.78, 5) is 29.4. The second kappa shape index (κ2) is 8.41. The summed E-state index contributed by atoms with van der Waals surface area (Å²) in [6.07, 6.45) is 2.51. The molecule has 2 aromatic carbocycles. The second-order valence-corrected chi connectivity index (χ2v) is 7.71. The molecule has 3 heterocycles. The smallest absolute Gasteiger partial charge is 0.181 e. The second-order valence-electron chi connectivity index (χ2n) is 6.83. The third kappa shape index (κ3) is 3.91. The summed E-state index contributed by atoms with van der Waals surface area (Å²) in [7, 11) is 0. The van der Waals surface area contributed by atoms with E-state index in [9.17, 15) is 4.79 Å². The molecule has 0 fully saturated rings. The highest BCUT2D eigenvalue weighted by atomic mass is 32.1. The Morgan fingerprint density at radius 2 is 1.77 bits per heavy atom. The van der Waals surface area contributed by atoms with E-state index in [4.69, 9.17) is 9.97 Å². The average molecular weight is 424 g/mol. The molecule has 5 aromatic rings. The highest BCUT2D eigenvalue weighted by molar-refractivity contribution is 7.11. The Morgan fingerprint density at radius 3 is 2.55 bits per heavy atom. The molecule has 0 aliphatic heterocycles. The first kappa shape index (κ1) is 19.0. The molecule has 3 aromatic heterocycles. The van der Waals surface area contributed by atoms with Crippen molar-refractivity contribution in [3.05, 3.63) is 89.0 Å². The van der Waals surface area contributed by atoms with Gasteiger partial charge in [-0.1, -0.05) is 48.5 Å². The van der Waals surface area contributed by atoms with Crippen LogP contribution in [0, 0.1) is 0 Å². The largest absolute Gasteiger partial charge is 0.364 e. The Labute approximate surface area is 182 Å². The van der Waals surface area contributed by atoms with Crippen molar-refractivity contribution < 1.29 is 4.79 Å². The summed E-state index contributed by atoms with van der Waals surface area (Å²) in [6, 6.07) is 22.0. The molecule has 0 unspecified atom stereocenters. The molecule has 150 valence electrons. The number of aromatic nitrogens is 4. The lowest BCUT2D eigenvalue weighted by Crippen LogP contribution is -2.06. The standard InChI is InChI=1S/C24H17N5OS/c30-14-21-27-20(15-31-21)23-28-19-11-6-10-18(16-7-2-1-3-8-16)22(19)24(29-23)26-13-17-9-4-5-12-25-17/h1-12,14-15H,13H2,(H,26,28,29). The van der Waals surface area contributed by atoms with Crippen molar-refractivity contribution in [1.82, 2.24) is 19.9 Å². The third-order valence-electron chi connectivity index (χ3n) is 4.82. The summed E-state index contributed by atoms with van der Waals surface area (Å²) >= 11 is 1.28. The van der Waals surface area contributed by atoms with Gasteiger partial charge in [0.2, 0.25) is 0 Å². The fourth-order valence-electron chi connectivity index (χ4n) is 3.41. The maximum atomic E-state index is 11.1. The zero-order valence-corrected chi connectivity index (χ0v) is 17.2. The SMILES string of the molecule is O=Cc1nc(-c2nc(NCc3ccccn3)c3c(-c4ccccc4)cccc3n2)cs1. The summed E-state index contributed by atoms with van der Waals surface area (Å²) in [5.74, 6) is 1.18. The number of thiazole rings is 1. The van der Waals surface area contributed by atoms with Gasteiger partial charge >= 0.3 is 0 Å². The summed E-state index contributed by atoms with van der Waals surface area (Å²) in [5.41, 5.74) is 4.42. The molecule has 5 rings (SSSR count). The Kier molecular flexibility index (Phi) is 5.16. The van der Waals surface area contributed by atoms with Gasteiger partial charge in [0.05, 0.1) is 23.1 Å². The number of pyridine rings is 1. The predicted octanol–water partition coefficient (Wildman–Crippen LogP) is 5.24. The van der Waals surface area contributed by atoms with Gasteiger partial charge in [-0.3, -0.25) is 9.78 Å². The van der Waals surface area contributed by atoms with Gasteiger partial charge in [0.15, 0.2) is 17.1 Å². The topological polar surface area (TPSA) is 80.7 Å². The van der Waals surface area contributed by atoms with Crippen LogP contribution in [0.4, 0.5) is 5.82 Å². The van der Waals surface area contributed by atoms with Crippen molar-refractivity contribution in [2.45, 2.75) is 6.54 Å². The molecule has 0 amide bonds. The van der Waals surface area contributed by atoms with E-state index in [1.54, 1.807) is 11.6 Å². The number of nitrogens with zero attached hydrogens (tertiary/aromatic N) is 4. The number of benzene rings is 2. The maximum absolute atomic E-state index is 11.1. The number of anilines is 1. The molecule has 0 atom stereocenters. The predicted molar refractivity (Wildman–Crippen MR) is 123 cm³/mol. The molecular formula is C24H17N5OS. The van der Waals surface area contributed by atoms with E-state index in [2.05, 4.69) is 33.5 Å². The Balaban J connectivity index is 1.67. The molecule has 0 saturated carbocycles. The molecule has 0 spiro atoms. The van der Waals surface area contributed by atoms with Crippen LogP contribution in [0.5, 0.6) is 0 Å². The van der Waals surface area contributed by atoms with Crippen LogP contribution in [0.1, 0.15) is 15.5 Å². The number of hydrogen-bond acceptors (Lipinski definition) is 7. The van der Waals surface area contributed by atoms with Gasteiger partial charge in [-0.15, -0.1) is 11.3 Å². The quantitative estimate of drug-likeness (QED) is 0.376.